The van der Waals surface area contributed by atoms with E-state index in [4.69, 9.17) is 5.26 Å². The average Bonchev–Trinajstić information content (AvgIpc) is 2.74. The zero-order chi connectivity index (χ0) is 12.9. The van der Waals surface area contributed by atoms with Crippen LogP contribution in [0.1, 0.15) is 26.1 Å². The molecule has 1 aromatic heterocycles. The van der Waals surface area contributed by atoms with E-state index in [9.17, 15) is 4.79 Å². The van der Waals surface area contributed by atoms with Gasteiger partial charge in [0.1, 0.15) is 17.6 Å². The van der Waals surface area contributed by atoms with E-state index in [1.807, 2.05) is 20.0 Å². The summed E-state index contributed by atoms with van der Waals surface area (Å²) in [7, 11) is 1.85. The molecule has 0 radical (unpaired) electrons. The first-order valence-corrected chi connectivity index (χ1v) is 5.56. The van der Waals surface area contributed by atoms with E-state index in [2.05, 4.69) is 15.5 Å². The number of amides is 1. The fraction of sp³-hybridized carbons (Fsp3) is 0.636. The second-order valence-electron chi connectivity index (χ2n) is 4.16. The molecule has 1 amide bonds. The molecule has 0 aromatic carbocycles. The quantitative estimate of drug-likeness (QED) is 0.801. The number of aromatic nitrogens is 3. The molecule has 0 saturated carbocycles. The van der Waals surface area contributed by atoms with Gasteiger partial charge in [-0.3, -0.25) is 4.79 Å². The maximum Gasteiger partial charge on any atom is 0.240 e. The molecule has 0 fully saturated rings. The Kier molecular flexibility index (Phi) is 4.21. The van der Waals surface area contributed by atoms with Gasteiger partial charge in [-0.25, -0.2) is 0 Å². The summed E-state index contributed by atoms with van der Waals surface area (Å²) in [4.78, 5) is 11.8. The number of hydrogen-bond acceptors (Lipinski definition) is 4. The van der Waals surface area contributed by atoms with Crippen LogP contribution >= 0.6 is 0 Å². The Bertz CT molecular complexity index is 433. The van der Waals surface area contributed by atoms with Crippen LogP contribution < -0.4 is 5.32 Å². The molecule has 6 nitrogen and oxygen atoms in total. The Morgan fingerprint density at radius 3 is 2.88 bits per heavy atom. The number of carbonyl (C=O) groups is 1. The Morgan fingerprint density at radius 1 is 1.71 bits per heavy atom. The minimum absolute atomic E-state index is 0.232. The fourth-order valence-electron chi connectivity index (χ4n) is 1.31. The molecule has 92 valence electrons. The first-order valence-electron chi connectivity index (χ1n) is 5.56. The first-order chi connectivity index (χ1) is 8.03. The van der Waals surface area contributed by atoms with Crippen LogP contribution in [0, 0.1) is 16.7 Å². The summed E-state index contributed by atoms with van der Waals surface area (Å²) < 4.78 is 1.80. The largest absolute Gasteiger partial charge is 0.354 e. The van der Waals surface area contributed by atoms with Gasteiger partial charge < -0.3 is 9.88 Å². The molecular weight excluding hydrogens is 218 g/mol. The highest BCUT2D eigenvalue weighted by Gasteiger charge is 2.30. The Balaban J connectivity index is 2.45. The maximum absolute atomic E-state index is 11.8. The van der Waals surface area contributed by atoms with E-state index in [1.165, 1.54) is 0 Å². The van der Waals surface area contributed by atoms with Gasteiger partial charge in [0.25, 0.3) is 0 Å². The number of carbonyl (C=O) groups excluding carboxylic acids is 1. The molecule has 0 aliphatic heterocycles. The third-order valence-electron chi connectivity index (χ3n) is 2.89. The van der Waals surface area contributed by atoms with Gasteiger partial charge >= 0.3 is 0 Å². The van der Waals surface area contributed by atoms with E-state index >= 15 is 0 Å². The van der Waals surface area contributed by atoms with Crippen molar-refractivity contribution in [2.45, 2.75) is 26.7 Å². The molecule has 1 unspecified atom stereocenters. The number of nitrogens with zero attached hydrogens (tertiary/aromatic N) is 4. The van der Waals surface area contributed by atoms with E-state index in [0.29, 0.717) is 19.4 Å². The van der Waals surface area contributed by atoms with Crippen molar-refractivity contribution in [3.05, 3.63) is 12.2 Å². The molecule has 0 aliphatic rings. The summed E-state index contributed by atoms with van der Waals surface area (Å²) in [5.74, 6) is 0.574. The standard InChI is InChI=1S/C11H17N5O/c1-4-11(2,7-12)10(17)13-6-5-9-15-14-8-16(9)3/h8H,4-6H2,1-3H3,(H,13,17). The Morgan fingerprint density at radius 2 is 2.41 bits per heavy atom. The Hall–Kier alpha value is -1.90. The minimum Gasteiger partial charge on any atom is -0.354 e. The predicted molar refractivity (Wildman–Crippen MR) is 61.7 cm³/mol. The van der Waals surface area contributed by atoms with Gasteiger partial charge in [-0.05, 0) is 13.3 Å². The van der Waals surface area contributed by atoms with Crippen LogP contribution in [-0.2, 0) is 18.3 Å². The van der Waals surface area contributed by atoms with Crippen LogP contribution in [0.15, 0.2) is 6.33 Å². The van der Waals surface area contributed by atoms with Gasteiger partial charge in [-0.15, -0.1) is 10.2 Å². The predicted octanol–water partition coefficient (Wildman–Crippen LogP) is 0.414. The van der Waals surface area contributed by atoms with Gasteiger partial charge in [0, 0.05) is 20.0 Å². The summed E-state index contributed by atoms with van der Waals surface area (Å²) in [5, 5.41) is 19.4. The second-order valence-corrected chi connectivity index (χ2v) is 4.16. The number of hydrogen-bond donors (Lipinski definition) is 1. The van der Waals surface area contributed by atoms with Crippen molar-refractivity contribution < 1.29 is 4.79 Å². The van der Waals surface area contributed by atoms with E-state index in [1.54, 1.807) is 17.8 Å². The van der Waals surface area contributed by atoms with Crippen molar-refractivity contribution in [2.24, 2.45) is 12.5 Å². The number of nitrogens with one attached hydrogen (secondary N) is 1. The van der Waals surface area contributed by atoms with Gasteiger partial charge in [-0.1, -0.05) is 6.92 Å². The van der Waals surface area contributed by atoms with Crippen LogP contribution in [0.3, 0.4) is 0 Å². The SMILES string of the molecule is CCC(C)(C#N)C(=O)NCCc1nncn1C. The van der Waals surface area contributed by atoms with Gasteiger partial charge in [0.2, 0.25) is 5.91 Å². The van der Waals surface area contributed by atoms with Crippen LogP contribution in [0.5, 0.6) is 0 Å². The number of nitriles is 1. The highest BCUT2D eigenvalue weighted by Crippen LogP contribution is 2.19. The van der Waals surface area contributed by atoms with Crippen LogP contribution in [-0.4, -0.2) is 27.2 Å². The number of rotatable bonds is 5. The summed E-state index contributed by atoms with van der Waals surface area (Å²) in [6.07, 6.45) is 2.72. The minimum atomic E-state index is -0.945. The van der Waals surface area contributed by atoms with E-state index in [-0.39, 0.29) is 5.91 Å². The van der Waals surface area contributed by atoms with Crippen molar-refractivity contribution in [2.75, 3.05) is 6.54 Å². The lowest BCUT2D eigenvalue weighted by atomic mass is 9.88. The van der Waals surface area contributed by atoms with Crippen LogP contribution in [0.4, 0.5) is 0 Å². The summed E-state index contributed by atoms with van der Waals surface area (Å²) in [5.41, 5.74) is -0.945. The van der Waals surface area contributed by atoms with Crippen LogP contribution in [0.25, 0.3) is 0 Å². The Labute approximate surface area is 101 Å². The zero-order valence-corrected chi connectivity index (χ0v) is 10.4. The van der Waals surface area contributed by atoms with Crippen molar-refractivity contribution in [3.8, 4) is 6.07 Å². The summed E-state index contributed by atoms with van der Waals surface area (Å²) in [6.45, 7) is 3.93. The lowest BCUT2D eigenvalue weighted by molar-refractivity contribution is -0.127. The van der Waals surface area contributed by atoms with Gasteiger partial charge in [0.15, 0.2) is 0 Å². The third kappa shape index (κ3) is 3.03. The third-order valence-corrected chi connectivity index (χ3v) is 2.89. The fourth-order valence-corrected chi connectivity index (χ4v) is 1.31. The summed E-state index contributed by atoms with van der Waals surface area (Å²) in [6, 6.07) is 2.04. The van der Waals surface area contributed by atoms with Gasteiger partial charge in [-0.2, -0.15) is 5.26 Å². The van der Waals surface area contributed by atoms with Crippen molar-refractivity contribution in [1.29, 1.82) is 5.26 Å². The van der Waals surface area contributed by atoms with Gasteiger partial charge in [0.05, 0.1) is 6.07 Å². The molecule has 1 atom stereocenters. The maximum atomic E-state index is 11.8. The van der Waals surface area contributed by atoms with Crippen molar-refractivity contribution in [1.82, 2.24) is 20.1 Å². The lowest BCUT2D eigenvalue weighted by Crippen LogP contribution is -2.38. The molecule has 0 aliphatic carbocycles. The molecule has 1 heterocycles. The smallest absolute Gasteiger partial charge is 0.240 e. The molecule has 1 aromatic rings. The molecule has 17 heavy (non-hydrogen) atoms. The highest BCUT2D eigenvalue weighted by molar-refractivity contribution is 5.84. The lowest BCUT2D eigenvalue weighted by Gasteiger charge is -2.18. The molecule has 0 spiro atoms. The second kappa shape index (κ2) is 5.43. The van der Waals surface area contributed by atoms with Crippen molar-refractivity contribution >= 4 is 5.91 Å². The molecule has 0 bridgehead atoms. The molecule has 6 heteroatoms. The average molecular weight is 235 g/mol. The number of aryl methyl sites for hydroxylation is 1. The van der Waals surface area contributed by atoms with Crippen LogP contribution in [0.2, 0.25) is 0 Å². The van der Waals surface area contributed by atoms with E-state index < -0.39 is 5.41 Å². The topological polar surface area (TPSA) is 83.6 Å². The van der Waals surface area contributed by atoms with E-state index in [0.717, 1.165) is 5.82 Å². The van der Waals surface area contributed by atoms with Crippen molar-refractivity contribution in [3.63, 3.8) is 0 Å². The molecule has 1 rings (SSSR count). The molecular formula is C11H17N5O. The monoisotopic (exact) mass is 235 g/mol. The molecule has 1 N–H and O–H groups in total. The molecule has 0 saturated heterocycles. The normalized spacial score (nSPS) is 13.8. The zero-order valence-electron chi connectivity index (χ0n) is 10.4. The first kappa shape index (κ1) is 13.2. The summed E-state index contributed by atoms with van der Waals surface area (Å²) >= 11 is 0. The highest BCUT2D eigenvalue weighted by atomic mass is 16.2.